The minimum Gasteiger partial charge on any atom is -0.378 e. The summed E-state index contributed by atoms with van der Waals surface area (Å²) in [6.07, 6.45) is 3.92. The maximum Gasteiger partial charge on any atom is 0.253 e. The molecule has 2 saturated heterocycles. The lowest BCUT2D eigenvalue weighted by Crippen LogP contribution is -2.48. The molecule has 3 aliphatic heterocycles. The Kier molecular flexibility index (Phi) is 4.37. The van der Waals surface area contributed by atoms with E-state index in [0.29, 0.717) is 30.6 Å². The van der Waals surface area contributed by atoms with Gasteiger partial charge in [0.1, 0.15) is 0 Å². The van der Waals surface area contributed by atoms with Gasteiger partial charge in [-0.05, 0) is 37.5 Å². The molecule has 3 aliphatic rings. The summed E-state index contributed by atoms with van der Waals surface area (Å²) < 4.78 is 5.84. The highest BCUT2D eigenvalue weighted by Gasteiger charge is 2.34. The van der Waals surface area contributed by atoms with Gasteiger partial charge in [0.2, 0.25) is 5.91 Å². The highest BCUT2D eigenvalue weighted by molar-refractivity contribution is 6.01. The molecular weight excluding hydrogens is 318 g/mol. The predicted molar refractivity (Wildman–Crippen MR) is 95.9 cm³/mol. The van der Waals surface area contributed by atoms with Crippen LogP contribution in [0.3, 0.4) is 0 Å². The van der Waals surface area contributed by atoms with Crippen LogP contribution < -0.4 is 10.2 Å². The Morgan fingerprint density at radius 1 is 1.28 bits per heavy atom. The summed E-state index contributed by atoms with van der Waals surface area (Å²) in [6, 6.07) is 5.63. The standard InChI is InChI=1S/C19H25N3O3/c1-21-8-7-18(23)20-15-11-13(4-5-16(15)21)19(24)22-9-6-17-14(12-22)3-2-10-25-17/h4-5,11,14,17H,2-3,6-10,12H2,1H3,(H,20,23)/t14-,17+/m1/s1. The summed E-state index contributed by atoms with van der Waals surface area (Å²) in [4.78, 5) is 28.8. The van der Waals surface area contributed by atoms with E-state index in [4.69, 9.17) is 4.74 Å². The lowest BCUT2D eigenvalue weighted by atomic mass is 9.88. The first-order valence-electron chi connectivity index (χ1n) is 9.18. The summed E-state index contributed by atoms with van der Waals surface area (Å²) in [5, 5.41) is 2.92. The molecular formula is C19H25N3O3. The number of hydrogen-bond acceptors (Lipinski definition) is 4. The highest BCUT2D eigenvalue weighted by atomic mass is 16.5. The molecule has 0 radical (unpaired) electrons. The molecule has 6 heteroatoms. The molecule has 6 nitrogen and oxygen atoms in total. The number of amides is 2. The van der Waals surface area contributed by atoms with Crippen molar-refractivity contribution in [3.8, 4) is 0 Å². The molecule has 2 fully saturated rings. The number of carbonyl (C=O) groups is 2. The molecule has 1 aromatic carbocycles. The summed E-state index contributed by atoms with van der Waals surface area (Å²) >= 11 is 0. The zero-order chi connectivity index (χ0) is 17.4. The third-order valence-corrected chi connectivity index (χ3v) is 5.61. The molecule has 1 N–H and O–H groups in total. The summed E-state index contributed by atoms with van der Waals surface area (Å²) in [5.41, 5.74) is 2.33. The number of ether oxygens (including phenoxy) is 1. The number of likely N-dealkylation sites (tertiary alicyclic amines) is 1. The van der Waals surface area contributed by atoms with Crippen molar-refractivity contribution in [2.75, 3.05) is 43.5 Å². The van der Waals surface area contributed by atoms with Crippen LogP contribution >= 0.6 is 0 Å². The van der Waals surface area contributed by atoms with Crippen molar-refractivity contribution < 1.29 is 14.3 Å². The molecule has 2 amide bonds. The fraction of sp³-hybridized carbons (Fsp3) is 0.579. The molecule has 25 heavy (non-hydrogen) atoms. The van der Waals surface area contributed by atoms with Crippen LogP contribution in [-0.2, 0) is 9.53 Å². The molecule has 1 aromatic rings. The SMILES string of the molecule is CN1CCC(=O)Nc2cc(C(=O)N3CC[C@@H]4OCCC[C@@H]4C3)ccc21. The Bertz CT molecular complexity index is 690. The van der Waals surface area contributed by atoms with Gasteiger partial charge in [-0.25, -0.2) is 0 Å². The second-order valence-corrected chi connectivity index (χ2v) is 7.30. The molecule has 0 saturated carbocycles. The number of nitrogens with one attached hydrogen (secondary N) is 1. The minimum atomic E-state index is -0.00429. The number of piperidine rings is 1. The Morgan fingerprint density at radius 3 is 3.04 bits per heavy atom. The smallest absolute Gasteiger partial charge is 0.253 e. The van der Waals surface area contributed by atoms with Crippen LogP contribution in [-0.4, -0.2) is 56.1 Å². The minimum absolute atomic E-state index is 0.00429. The average molecular weight is 343 g/mol. The average Bonchev–Trinajstić information content (AvgIpc) is 2.78. The Labute approximate surface area is 148 Å². The number of hydrogen-bond donors (Lipinski definition) is 1. The largest absolute Gasteiger partial charge is 0.378 e. The normalized spacial score (nSPS) is 26.4. The fourth-order valence-corrected chi connectivity index (χ4v) is 4.16. The van der Waals surface area contributed by atoms with E-state index in [9.17, 15) is 9.59 Å². The Morgan fingerprint density at radius 2 is 2.16 bits per heavy atom. The van der Waals surface area contributed by atoms with Gasteiger partial charge >= 0.3 is 0 Å². The third kappa shape index (κ3) is 3.23. The second-order valence-electron chi connectivity index (χ2n) is 7.30. The van der Waals surface area contributed by atoms with Crippen LogP contribution in [0.15, 0.2) is 18.2 Å². The number of benzene rings is 1. The molecule has 4 rings (SSSR count). The fourth-order valence-electron chi connectivity index (χ4n) is 4.16. The van der Waals surface area contributed by atoms with Crippen molar-refractivity contribution in [1.82, 2.24) is 4.90 Å². The van der Waals surface area contributed by atoms with Crippen molar-refractivity contribution in [1.29, 1.82) is 0 Å². The number of fused-ring (bicyclic) bond motifs is 2. The number of nitrogens with zero attached hydrogens (tertiary/aromatic N) is 2. The molecule has 0 aromatic heterocycles. The lowest BCUT2D eigenvalue weighted by molar-refractivity contribution is -0.115. The van der Waals surface area contributed by atoms with Crippen LogP contribution in [0, 0.1) is 5.92 Å². The third-order valence-electron chi connectivity index (χ3n) is 5.61. The van der Waals surface area contributed by atoms with E-state index in [1.54, 1.807) is 0 Å². The monoisotopic (exact) mass is 343 g/mol. The van der Waals surface area contributed by atoms with Crippen LogP contribution in [0.1, 0.15) is 36.0 Å². The highest BCUT2D eigenvalue weighted by Crippen LogP contribution is 2.32. The summed E-state index contributed by atoms with van der Waals surface area (Å²) in [6.45, 7) is 3.05. The van der Waals surface area contributed by atoms with E-state index in [1.807, 2.05) is 35.0 Å². The first-order valence-corrected chi connectivity index (χ1v) is 9.18. The van der Waals surface area contributed by atoms with E-state index in [-0.39, 0.29) is 11.8 Å². The molecule has 0 aliphatic carbocycles. The van der Waals surface area contributed by atoms with Gasteiger partial charge in [0.15, 0.2) is 0 Å². The van der Waals surface area contributed by atoms with Crippen LogP contribution in [0.5, 0.6) is 0 Å². The van der Waals surface area contributed by atoms with E-state index in [1.165, 1.54) is 0 Å². The maximum absolute atomic E-state index is 13.0. The molecule has 0 bridgehead atoms. The first-order chi connectivity index (χ1) is 12.1. The topological polar surface area (TPSA) is 61.9 Å². The lowest BCUT2D eigenvalue weighted by Gasteiger charge is -2.41. The Balaban J connectivity index is 1.53. The first kappa shape index (κ1) is 16.4. The van der Waals surface area contributed by atoms with Crippen molar-refractivity contribution in [2.45, 2.75) is 31.8 Å². The molecule has 3 heterocycles. The van der Waals surface area contributed by atoms with Crippen molar-refractivity contribution >= 4 is 23.2 Å². The van der Waals surface area contributed by atoms with Gasteiger partial charge in [0, 0.05) is 51.2 Å². The quantitative estimate of drug-likeness (QED) is 0.848. The van der Waals surface area contributed by atoms with Gasteiger partial charge in [0.25, 0.3) is 5.91 Å². The van der Waals surface area contributed by atoms with Gasteiger partial charge in [-0.1, -0.05) is 0 Å². The van der Waals surface area contributed by atoms with Crippen LogP contribution in [0.2, 0.25) is 0 Å². The van der Waals surface area contributed by atoms with Crippen molar-refractivity contribution in [3.63, 3.8) is 0 Å². The molecule has 0 unspecified atom stereocenters. The van der Waals surface area contributed by atoms with Crippen LogP contribution in [0.4, 0.5) is 11.4 Å². The van der Waals surface area contributed by atoms with Gasteiger partial charge in [-0.15, -0.1) is 0 Å². The van der Waals surface area contributed by atoms with Crippen LogP contribution in [0.25, 0.3) is 0 Å². The number of carbonyl (C=O) groups excluding carboxylic acids is 2. The molecule has 2 atom stereocenters. The summed E-state index contributed by atoms with van der Waals surface area (Å²) in [7, 11) is 1.97. The van der Waals surface area contributed by atoms with E-state index < -0.39 is 0 Å². The van der Waals surface area contributed by atoms with Gasteiger partial charge in [0.05, 0.1) is 17.5 Å². The van der Waals surface area contributed by atoms with Crippen molar-refractivity contribution in [3.05, 3.63) is 23.8 Å². The second kappa shape index (κ2) is 6.67. The number of anilines is 2. The van der Waals surface area contributed by atoms with Gasteiger partial charge in [-0.3, -0.25) is 9.59 Å². The van der Waals surface area contributed by atoms with Crippen molar-refractivity contribution in [2.24, 2.45) is 5.92 Å². The Hall–Kier alpha value is -2.08. The van der Waals surface area contributed by atoms with E-state index in [0.717, 1.165) is 50.3 Å². The maximum atomic E-state index is 13.0. The van der Waals surface area contributed by atoms with E-state index in [2.05, 4.69) is 5.32 Å². The van der Waals surface area contributed by atoms with E-state index >= 15 is 0 Å². The zero-order valence-corrected chi connectivity index (χ0v) is 14.7. The van der Waals surface area contributed by atoms with Gasteiger partial charge in [-0.2, -0.15) is 0 Å². The van der Waals surface area contributed by atoms with Gasteiger partial charge < -0.3 is 19.9 Å². The molecule has 134 valence electrons. The zero-order valence-electron chi connectivity index (χ0n) is 14.7. The number of rotatable bonds is 1. The molecule has 0 spiro atoms. The predicted octanol–water partition coefficient (Wildman–Crippen LogP) is 2.11. The summed E-state index contributed by atoms with van der Waals surface area (Å²) in [5.74, 6) is 0.501.